The van der Waals surface area contributed by atoms with Gasteiger partial charge in [-0.25, -0.2) is 0 Å². The summed E-state index contributed by atoms with van der Waals surface area (Å²) >= 11 is 0. The van der Waals surface area contributed by atoms with Crippen molar-refractivity contribution < 1.29 is 4.74 Å². The number of ether oxygens (including phenoxy) is 1. The maximum atomic E-state index is 10.2. The molecular formula is C25H33NO. The molecule has 144 valence electrons. The average molecular weight is 364 g/mol. The second kappa shape index (κ2) is 6.13. The predicted molar refractivity (Wildman–Crippen MR) is 110 cm³/mol. The quantitative estimate of drug-likeness (QED) is 0.548. The monoisotopic (exact) mass is 363 g/mol. The van der Waals surface area contributed by atoms with Crippen molar-refractivity contribution in [1.29, 1.82) is 5.26 Å². The van der Waals surface area contributed by atoms with E-state index in [2.05, 4.69) is 45.2 Å². The lowest BCUT2D eigenvalue weighted by Gasteiger charge is -2.58. The van der Waals surface area contributed by atoms with Crippen molar-refractivity contribution in [2.24, 2.45) is 34.0 Å². The first kappa shape index (κ1) is 18.6. The van der Waals surface area contributed by atoms with Crippen molar-refractivity contribution in [3.05, 3.63) is 48.3 Å². The molecule has 0 aromatic carbocycles. The highest BCUT2D eigenvalue weighted by Gasteiger charge is 2.65. The van der Waals surface area contributed by atoms with E-state index in [0.717, 1.165) is 43.4 Å². The van der Waals surface area contributed by atoms with Gasteiger partial charge in [0.2, 0.25) is 0 Å². The zero-order valence-electron chi connectivity index (χ0n) is 17.2. The Kier molecular flexibility index (Phi) is 4.22. The van der Waals surface area contributed by atoms with E-state index in [9.17, 15) is 5.26 Å². The normalized spacial score (nSPS) is 45.6. The van der Waals surface area contributed by atoms with E-state index in [1.165, 1.54) is 18.4 Å². The molecule has 0 radical (unpaired) electrons. The molecule has 4 rings (SSSR count). The fourth-order valence-corrected chi connectivity index (χ4v) is 7.38. The number of allylic oxidation sites excluding steroid dienone is 6. The third kappa shape index (κ3) is 2.24. The van der Waals surface area contributed by atoms with Gasteiger partial charge in [-0.15, -0.1) is 6.58 Å². The zero-order valence-corrected chi connectivity index (χ0v) is 17.2. The fourth-order valence-electron chi connectivity index (χ4n) is 7.38. The smallest absolute Gasteiger partial charge is 0.0958 e. The van der Waals surface area contributed by atoms with E-state index in [1.54, 1.807) is 7.11 Å². The first-order valence-corrected chi connectivity index (χ1v) is 10.5. The van der Waals surface area contributed by atoms with Crippen LogP contribution in [0.1, 0.15) is 58.8 Å². The van der Waals surface area contributed by atoms with Gasteiger partial charge >= 0.3 is 0 Å². The zero-order chi connectivity index (χ0) is 19.4. The minimum absolute atomic E-state index is 0.0259. The first-order valence-electron chi connectivity index (χ1n) is 10.5. The summed E-state index contributed by atoms with van der Waals surface area (Å²) in [6.45, 7) is 13.2. The molecule has 0 N–H and O–H groups in total. The molecule has 0 heterocycles. The third-order valence-corrected chi connectivity index (χ3v) is 9.07. The Hall–Kier alpha value is -1.75. The Morgan fingerprint density at radius 2 is 2.11 bits per heavy atom. The number of hydrogen-bond donors (Lipinski definition) is 0. The summed E-state index contributed by atoms with van der Waals surface area (Å²) in [5, 5.41) is 10.2. The predicted octanol–water partition coefficient (Wildman–Crippen LogP) is 6.34. The van der Waals surface area contributed by atoms with Gasteiger partial charge in [-0.1, -0.05) is 38.2 Å². The van der Waals surface area contributed by atoms with Crippen LogP contribution < -0.4 is 0 Å². The van der Waals surface area contributed by atoms with Gasteiger partial charge in [-0.05, 0) is 78.8 Å². The molecule has 2 fully saturated rings. The van der Waals surface area contributed by atoms with Gasteiger partial charge in [-0.2, -0.15) is 5.26 Å². The molecule has 0 spiro atoms. The van der Waals surface area contributed by atoms with Gasteiger partial charge < -0.3 is 4.74 Å². The molecule has 27 heavy (non-hydrogen) atoms. The summed E-state index contributed by atoms with van der Waals surface area (Å²) in [5.74, 6) is 3.05. The lowest BCUT2D eigenvalue weighted by Crippen LogP contribution is -2.51. The Morgan fingerprint density at radius 3 is 2.78 bits per heavy atom. The lowest BCUT2D eigenvalue weighted by atomic mass is 9.46. The van der Waals surface area contributed by atoms with Crippen LogP contribution in [-0.4, -0.2) is 7.11 Å². The number of methoxy groups -OCH3 is 1. The summed E-state index contributed by atoms with van der Waals surface area (Å²) in [5.41, 5.74) is 2.50. The van der Waals surface area contributed by atoms with Crippen LogP contribution in [-0.2, 0) is 4.74 Å². The summed E-state index contributed by atoms with van der Waals surface area (Å²) in [7, 11) is 1.79. The van der Waals surface area contributed by atoms with Gasteiger partial charge in [0.15, 0.2) is 0 Å². The number of nitriles is 1. The van der Waals surface area contributed by atoms with Crippen molar-refractivity contribution in [3.63, 3.8) is 0 Å². The molecular weight excluding hydrogens is 330 g/mol. The van der Waals surface area contributed by atoms with Crippen molar-refractivity contribution in [1.82, 2.24) is 0 Å². The molecule has 0 bridgehead atoms. The second-order valence-electron chi connectivity index (χ2n) is 9.78. The molecule has 0 unspecified atom stereocenters. The van der Waals surface area contributed by atoms with Crippen LogP contribution in [0.4, 0.5) is 0 Å². The maximum Gasteiger partial charge on any atom is 0.0958 e. The van der Waals surface area contributed by atoms with Crippen LogP contribution in [0.2, 0.25) is 0 Å². The Balaban J connectivity index is 1.74. The summed E-state index contributed by atoms with van der Waals surface area (Å²) in [6.07, 6.45) is 14.2. The largest absolute Gasteiger partial charge is 0.501 e. The number of hydrogen-bond acceptors (Lipinski definition) is 2. The van der Waals surface area contributed by atoms with E-state index in [0.29, 0.717) is 17.8 Å². The van der Waals surface area contributed by atoms with Crippen molar-refractivity contribution in [3.8, 4) is 6.07 Å². The first-order chi connectivity index (χ1) is 12.9. The topological polar surface area (TPSA) is 33.0 Å². The third-order valence-electron chi connectivity index (χ3n) is 9.07. The van der Waals surface area contributed by atoms with E-state index >= 15 is 0 Å². The van der Waals surface area contributed by atoms with Gasteiger partial charge in [0, 0.05) is 6.42 Å². The molecule has 4 aliphatic rings. The molecule has 2 heteroatoms. The van der Waals surface area contributed by atoms with E-state index < -0.39 is 5.41 Å². The lowest BCUT2D eigenvalue weighted by molar-refractivity contribution is -0.0505. The molecule has 0 saturated heterocycles. The van der Waals surface area contributed by atoms with Crippen LogP contribution >= 0.6 is 0 Å². The number of rotatable bonds is 3. The Labute approximate surface area is 164 Å². The van der Waals surface area contributed by atoms with Crippen molar-refractivity contribution in [2.75, 3.05) is 7.11 Å². The average Bonchev–Trinajstić information content (AvgIpc) is 2.89. The summed E-state index contributed by atoms with van der Waals surface area (Å²) < 4.78 is 5.55. The van der Waals surface area contributed by atoms with Crippen molar-refractivity contribution in [2.45, 2.75) is 58.8 Å². The molecule has 0 aliphatic heterocycles. The molecule has 0 amide bonds. The molecule has 6 atom stereocenters. The van der Waals surface area contributed by atoms with Crippen LogP contribution in [0.15, 0.2) is 48.3 Å². The Bertz CT molecular complexity index is 783. The number of fused-ring (bicyclic) bond motifs is 5. The van der Waals surface area contributed by atoms with Crippen LogP contribution in [0.5, 0.6) is 0 Å². The van der Waals surface area contributed by atoms with Crippen LogP contribution in [0.25, 0.3) is 0 Å². The molecule has 4 aliphatic carbocycles. The van der Waals surface area contributed by atoms with Gasteiger partial charge in [0.05, 0.1) is 24.4 Å². The fraction of sp³-hybridized carbons (Fsp3) is 0.640. The van der Waals surface area contributed by atoms with E-state index in [-0.39, 0.29) is 10.8 Å². The van der Waals surface area contributed by atoms with Gasteiger partial charge in [0.25, 0.3) is 0 Å². The van der Waals surface area contributed by atoms with Gasteiger partial charge in [-0.3, -0.25) is 0 Å². The molecule has 2 saturated carbocycles. The minimum Gasteiger partial charge on any atom is -0.501 e. The summed E-state index contributed by atoms with van der Waals surface area (Å²) in [6, 6.07) is 2.73. The van der Waals surface area contributed by atoms with Crippen molar-refractivity contribution >= 4 is 0 Å². The molecule has 0 aromatic heterocycles. The Morgan fingerprint density at radius 1 is 1.33 bits per heavy atom. The van der Waals surface area contributed by atoms with Crippen LogP contribution in [0.3, 0.4) is 0 Å². The second-order valence-corrected chi connectivity index (χ2v) is 9.78. The molecule has 0 aromatic rings. The standard InChI is InChI=1S/C25H33NO/c1-6-11-25(16-26)17(2)14-22-20-8-7-18-15-19(27-5)9-12-23(18,3)21(20)10-13-24(22,25)4/h6-7,15,20-22H,1-2,8-14H2,3-5H3/t20-,21+,22+,23+,24+,25+/m1/s1. The van der Waals surface area contributed by atoms with E-state index in [4.69, 9.17) is 4.74 Å². The van der Waals surface area contributed by atoms with Gasteiger partial charge in [0.1, 0.15) is 0 Å². The highest BCUT2D eigenvalue weighted by molar-refractivity contribution is 5.39. The minimum atomic E-state index is -0.426. The summed E-state index contributed by atoms with van der Waals surface area (Å²) in [4.78, 5) is 0. The highest BCUT2D eigenvalue weighted by Crippen LogP contribution is 2.71. The highest BCUT2D eigenvalue weighted by atomic mass is 16.5. The number of nitrogens with zero attached hydrogens (tertiary/aromatic N) is 1. The maximum absolute atomic E-state index is 10.2. The SMILES string of the molecule is C=CC[C@]1(C#N)C(=C)C[C@H]2[C@@H]3CC=C4C=C(OC)CC[C@]4(C)[C@H]3CC[C@@]21C. The van der Waals surface area contributed by atoms with E-state index in [1.807, 2.05) is 6.08 Å². The van der Waals surface area contributed by atoms with Crippen LogP contribution in [0, 0.1) is 45.3 Å². The molecule has 2 nitrogen and oxygen atoms in total.